The van der Waals surface area contributed by atoms with E-state index in [-0.39, 0.29) is 0 Å². The molecule has 0 aliphatic heterocycles. The molecule has 0 saturated carbocycles. The Morgan fingerprint density at radius 1 is 1.32 bits per heavy atom. The molecule has 0 fully saturated rings. The molecule has 0 aromatic heterocycles. The molecule has 1 unspecified atom stereocenters. The van der Waals surface area contributed by atoms with Crippen LogP contribution in [0.3, 0.4) is 0 Å². The molecule has 0 spiro atoms. The predicted octanol–water partition coefficient (Wildman–Crippen LogP) is 5.21. The predicted molar refractivity (Wildman–Crippen MR) is 88.5 cm³/mol. The van der Waals surface area contributed by atoms with Crippen LogP contribution in [0.15, 0.2) is 36.5 Å². The fourth-order valence-electron chi connectivity index (χ4n) is 2.47. The zero-order chi connectivity index (χ0) is 14.7. The van der Waals surface area contributed by atoms with Crippen molar-refractivity contribution in [3.05, 3.63) is 36.5 Å². The van der Waals surface area contributed by atoms with Gasteiger partial charge < -0.3 is 4.90 Å². The van der Waals surface area contributed by atoms with Gasteiger partial charge in [-0.2, -0.15) is 0 Å². The van der Waals surface area contributed by atoms with Gasteiger partial charge in [-0.25, -0.2) is 0 Å². The molecule has 19 heavy (non-hydrogen) atoms. The zero-order valence-electron chi connectivity index (χ0n) is 13.7. The lowest BCUT2D eigenvalue weighted by molar-refractivity contribution is 0.203. The molecule has 0 aromatic rings. The second-order valence-corrected chi connectivity index (χ2v) is 5.78. The Labute approximate surface area is 121 Å². The van der Waals surface area contributed by atoms with Crippen LogP contribution in [0.5, 0.6) is 0 Å². The van der Waals surface area contributed by atoms with Crippen molar-refractivity contribution in [3.63, 3.8) is 0 Å². The Morgan fingerprint density at radius 2 is 2.00 bits per heavy atom. The number of nitrogens with zero attached hydrogens (tertiary/aromatic N) is 1. The van der Waals surface area contributed by atoms with Gasteiger partial charge in [0.15, 0.2) is 0 Å². The molecule has 0 aliphatic rings. The van der Waals surface area contributed by atoms with Crippen molar-refractivity contribution in [1.82, 2.24) is 4.90 Å². The van der Waals surface area contributed by atoms with E-state index in [0.29, 0.717) is 0 Å². The van der Waals surface area contributed by atoms with Crippen LogP contribution in [0.1, 0.15) is 53.4 Å². The van der Waals surface area contributed by atoms with Gasteiger partial charge in [0.05, 0.1) is 0 Å². The molecule has 0 aromatic carbocycles. The molecule has 0 amide bonds. The van der Waals surface area contributed by atoms with E-state index in [1.54, 1.807) is 0 Å². The summed E-state index contributed by atoms with van der Waals surface area (Å²) in [6.07, 6.45) is 13.3. The summed E-state index contributed by atoms with van der Waals surface area (Å²) in [5.41, 5.74) is 1.36. The minimum Gasteiger partial charge on any atom is -0.303 e. The van der Waals surface area contributed by atoms with Gasteiger partial charge >= 0.3 is 0 Å². The molecule has 0 heterocycles. The summed E-state index contributed by atoms with van der Waals surface area (Å²) in [7, 11) is 2.27. The van der Waals surface area contributed by atoms with Gasteiger partial charge in [0.25, 0.3) is 0 Å². The second-order valence-electron chi connectivity index (χ2n) is 5.78. The average Bonchev–Trinajstić information content (AvgIpc) is 2.35. The highest BCUT2D eigenvalue weighted by Gasteiger charge is 2.15. The molecule has 1 nitrogen and oxygen atoms in total. The van der Waals surface area contributed by atoms with Crippen molar-refractivity contribution >= 4 is 0 Å². The van der Waals surface area contributed by atoms with E-state index in [1.807, 2.05) is 6.08 Å². The maximum atomic E-state index is 3.79. The van der Waals surface area contributed by atoms with Gasteiger partial charge in [-0.15, -0.1) is 0 Å². The summed E-state index contributed by atoms with van der Waals surface area (Å²) in [6.45, 7) is 13.9. The molecule has 0 rings (SSSR count). The summed E-state index contributed by atoms with van der Waals surface area (Å²) in [5.74, 6) is 0.776. The molecule has 1 heteroatoms. The largest absolute Gasteiger partial charge is 0.303 e. The number of hydrogen-bond acceptors (Lipinski definition) is 1. The first kappa shape index (κ1) is 18.2. The molecule has 110 valence electrons. The van der Waals surface area contributed by atoms with Crippen molar-refractivity contribution in [2.75, 3.05) is 13.6 Å². The number of hydrogen-bond donors (Lipinski definition) is 0. The topological polar surface area (TPSA) is 3.24 Å². The summed E-state index contributed by atoms with van der Waals surface area (Å²) >= 11 is 0. The fourth-order valence-corrected chi connectivity index (χ4v) is 2.47. The van der Waals surface area contributed by atoms with Crippen LogP contribution in [-0.2, 0) is 0 Å². The minimum atomic E-state index is 0.723. The van der Waals surface area contributed by atoms with Crippen LogP contribution in [0.25, 0.3) is 0 Å². The lowest BCUT2D eigenvalue weighted by atomic mass is 9.98. The van der Waals surface area contributed by atoms with Crippen molar-refractivity contribution in [2.24, 2.45) is 5.92 Å². The second kappa shape index (κ2) is 11.0. The highest BCUT2D eigenvalue weighted by molar-refractivity contribution is 5.22. The smallest absolute Gasteiger partial charge is 0.00946 e. The SMILES string of the molecule is C=C/C=C(\C=C/C)CCN(C)C(CCC)CC(C)C. The summed E-state index contributed by atoms with van der Waals surface area (Å²) in [4.78, 5) is 2.53. The minimum absolute atomic E-state index is 0.723. The highest BCUT2D eigenvalue weighted by Crippen LogP contribution is 2.16. The number of rotatable bonds is 10. The molecule has 0 N–H and O–H groups in total. The van der Waals surface area contributed by atoms with Crippen LogP contribution >= 0.6 is 0 Å². The van der Waals surface area contributed by atoms with Gasteiger partial charge in [0.2, 0.25) is 0 Å². The first-order valence-corrected chi connectivity index (χ1v) is 7.69. The molecule has 0 saturated heterocycles. The van der Waals surface area contributed by atoms with Crippen LogP contribution in [0, 0.1) is 5.92 Å². The summed E-state index contributed by atoms with van der Waals surface area (Å²) < 4.78 is 0. The molecule has 0 aliphatic carbocycles. The Morgan fingerprint density at radius 3 is 2.47 bits per heavy atom. The molecule has 1 atom stereocenters. The monoisotopic (exact) mass is 263 g/mol. The average molecular weight is 263 g/mol. The zero-order valence-corrected chi connectivity index (χ0v) is 13.7. The number of allylic oxidation sites excluding steroid dienone is 4. The summed E-state index contributed by atoms with van der Waals surface area (Å²) in [5, 5.41) is 0. The van der Waals surface area contributed by atoms with Gasteiger partial charge in [0.1, 0.15) is 0 Å². The maximum Gasteiger partial charge on any atom is 0.00946 e. The Hall–Kier alpha value is -0.820. The lowest BCUT2D eigenvalue weighted by Gasteiger charge is -2.29. The van der Waals surface area contributed by atoms with Crippen molar-refractivity contribution in [1.29, 1.82) is 0 Å². The van der Waals surface area contributed by atoms with E-state index in [9.17, 15) is 0 Å². The van der Waals surface area contributed by atoms with Gasteiger partial charge in [-0.1, -0.05) is 58.1 Å². The van der Waals surface area contributed by atoms with E-state index >= 15 is 0 Å². The molecular formula is C18H33N. The highest BCUT2D eigenvalue weighted by atomic mass is 15.1. The third-order valence-corrected chi connectivity index (χ3v) is 3.45. The Bertz CT molecular complexity index is 286. The van der Waals surface area contributed by atoms with Gasteiger partial charge in [-0.05, 0) is 44.7 Å². The van der Waals surface area contributed by atoms with Gasteiger partial charge in [0, 0.05) is 12.6 Å². The quantitative estimate of drug-likeness (QED) is 0.489. The first-order valence-electron chi connectivity index (χ1n) is 7.69. The third-order valence-electron chi connectivity index (χ3n) is 3.45. The van der Waals surface area contributed by atoms with Crippen LogP contribution in [0.2, 0.25) is 0 Å². The maximum absolute atomic E-state index is 3.79. The molecule has 0 bridgehead atoms. The first-order chi connectivity index (χ1) is 9.04. The van der Waals surface area contributed by atoms with Crippen LogP contribution < -0.4 is 0 Å². The summed E-state index contributed by atoms with van der Waals surface area (Å²) in [6, 6.07) is 0.723. The molecular weight excluding hydrogens is 230 g/mol. The van der Waals surface area contributed by atoms with E-state index in [4.69, 9.17) is 0 Å². The normalized spacial score (nSPS) is 14.6. The lowest BCUT2D eigenvalue weighted by Crippen LogP contribution is -2.33. The van der Waals surface area contributed by atoms with E-state index in [2.05, 4.69) is 64.4 Å². The fraction of sp³-hybridized carbons (Fsp3) is 0.667. The van der Waals surface area contributed by atoms with Crippen molar-refractivity contribution in [2.45, 2.75) is 59.4 Å². The van der Waals surface area contributed by atoms with Crippen molar-refractivity contribution < 1.29 is 0 Å². The van der Waals surface area contributed by atoms with E-state index in [0.717, 1.165) is 24.9 Å². The van der Waals surface area contributed by atoms with E-state index < -0.39 is 0 Å². The molecule has 0 radical (unpaired) electrons. The Balaban J connectivity index is 4.41. The standard InChI is InChI=1S/C18H33N/c1-7-10-17(11-8-2)13-14-19(6)18(12-9-3)15-16(4)5/h7-8,10-11,16,18H,1,9,12-15H2,2-6H3/b11-8-,17-10+. The van der Waals surface area contributed by atoms with Crippen molar-refractivity contribution in [3.8, 4) is 0 Å². The van der Waals surface area contributed by atoms with Gasteiger partial charge in [-0.3, -0.25) is 0 Å². The van der Waals surface area contributed by atoms with Crippen LogP contribution in [-0.4, -0.2) is 24.5 Å². The third kappa shape index (κ3) is 8.83. The van der Waals surface area contributed by atoms with Crippen LogP contribution in [0.4, 0.5) is 0 Å². The Kier molecular flexibility index (Phi) is 10.6. The van der Waals surface area contributed by atoms with E-state index in [1.165, 1.54) is 24.8 Å².